The van der Waals surface area contributed by atoms with Gasteiger partial charge in [-0.25, -0.2) is 4.79 Å². The lowest BCUT2D eigenvalue weighted by Crippen LogP contribution is -2.27. The van der Waals surface area contributed by atoms with Gasteiger partial charge < -0.3 is 0 Å². The monoisotopic (exact) mass is 317 g/mol. The molecule has 0 amide bonds. The molecule has 0 fully saturated rings. The average Bonchev–Trinajstić information content (AvgIpc) is 2.60. The van der Waals surface area contributed by atoms with Gasteiger partial charge in [-0.15, -0.1) is 0 Å². The first kappa shape index (κ1) is 14.4. The minimum atomic E-state index is -0.637. The van der Waals surface area contributed by atoms with E-state index in [1.807, 2.05) is 53.1 Å². The van der Waals surface area contributed by atoms with Crippen molar-refractivity contribution in [1.82, 2.24) is 14.5 Å². The predicted molar refractivity (Wildman–Crippen MR) is 94.0 cm³/mol. The Kier molecular flexibility index (Phi) is 3.27. The number of aryl methyl sites for hydroxylation is 1. The third-order valence-electron chi connectivity index (χ3n) is 4.21. The van der Waals surface area contributed by atoms with Crippen LogP contribution in [0.3, 0.4) is 0 Å². The zero-order chi connectivity index (χ0) is 16.7. The van der Waals surface area contributed by atoms with Crippen LogP contribution in [0.4, 0.5) is 0 Å². The Balaban J connectivity index is 2.17. The Morgan fingerprint density at radius 2 is 1.79 bits per heavy atom. The molecule has 0 unspecified atom stereocenters. The lowest BCUT2D eigenvalue weighted by molar-refractivity contribution is 0.958. The average molecular weight is 317 g/mol. The summed E-state index contributed by atoms with van der Waals surface area (Å²) in [7, 11) is 0. The highest BCUT2D eigenvalue weighted by atomic mass is 16.2. The van der Waals surface area contributed by atoms with Crippen LogP contribution >= 0.6 is 0 Å². The highest BCUT2D eigenvalue weighted by Gasteiger charge is 2.17. The lowest BCUT2D eigenvalue weighted by atomic mass is 10.1. The summed E-state index contributed by atoms with van der Waals surface area (Å²) in [6.07, 6.45) is 0.948. The second kappa shape index (κ2) is 5.45. The molecule has 0 radical (unpaired) electrons. The molecule has 2 aliphatic heterocycles. The molecule has 2 aliphatic rings. The number of aromatic nitrogens is 3. The van der Waals surface area contributed by atoms with Crippen LogP contribution in [-0.2, 0) is 6.42 Å². The third kappa shape index (κ3) is 2.22. The van der Waals surface area contributed by atoms with Crippen LogP contribution in [0.5, 0.6) is 0 Å². The molecule has 0 saturated heterocycles. The Morgan fingerprint density at radius 3 is 2.54 bits per heavy atom. The Bertz CT molecular complexity index is 1120. The van der Waals surface area contributed by atoms with Gasteiger partial charge in [0.25, 0.3) is 5.56 Å². The maximum absolute atomic E-state index is 12.2. The van der Waals surface area contributed by atoms with Crippen molar-refractivity contribution in [3.8, 4) is 17.1 Å². The molecule has 0 aromatic heterocycles. The molecule has 24 heavy (non-hydrogen) atoms. The summed E-state index contributed by atoms with van der Waals surface area (Å²) in [5.41, 5.74) is 2.32. The smallest absolute Gasteiger partial charge is 0.294 e. The van der Waals surface area contributed by atoms with E-state index in [4.69, 9.17) is 0 Å². The Hall–Kier alpha value is -3.21. The summed E-state index contributed by atoms with van der Waals surface area (Å²) >= 11 is 0. The molecule has 5 nitrogen and oxygen atoms in total. The number of hydrogen-bond donors (Lipinski definition) is 1. The van der Waals surface area contributed by atoms with E-state index in [0.29, 0.717) is 11.4 Å². The van der Waals surface area contributed by atoms with Gasteiger partial charge in [0.15, 0.2) is 5.82 Å². The second-order valence-electron chi connectivity index (χ2n) is 5.67. The van der Waals surface area contributed by atoms with E-state index in [2.05, 4.69) is 16.9 Å². The molecule has 0 atom stereocenters. The van der Waals surface area contributed by atoms with Gasteiger partial charge in [0, 0.05) is 5.69 Å². The first-order valence-electron chi connectivity index (χ1n) is 7.81. The van der Waals surface area contributed by atoms with Crippen LogP contribution in [0.15, 0.2) is 64.2 Å². The number of nitrogens with zero attached hydrogens (tertiary/aromatic N) is 2. The molecule has 0 spiro atoms. The van der Waals surface area contributed by atoms with Gasteiger partial charge >= 0.3 is 5.69 Å². The molecule has 0 saturated carbocycles. The number of hydrogen-bond acceptors (Lipinski definition) is 3. The zero-order valence-electron chi connectivity index (χ0n) is 13.1. The van der Waals surface area contributed by atoms with Gasteiger partial charge in [0.05, 0.1) is 11.1 Å². The summed E-state index contributed by atoms with van der Waals surface area (Å²) in [6.45, 7) is 2.10. The summed E-state index contributed by atoms with van der Waals surface area (Å²) in [6, 6.07) is 17.6. The van der Waals surface area contributed by atoms with Gasteiger partial charge in [-0.05, 0) is 41.6 Å². The van der Waals surface area contributed by atoms with E-state index in [1.165, 1.54) is 5.56 Å². The fourth-order valence-electron chi connectivity index (χ4n) is 2.98. The van der Waals surface area contributed by atoms with Gasteiger partial charge in [0.1, 0.15) is 0 Å². The fraction of sp³-hybridized carbons (Fsp3) is 0.105. The molecular formula is C19H15N3O2. The number of benzene rings is 2. The largest absolute Gasteiger partial charge is 0.349 e. The van der Waals surface area contributed by atoms with Crippen molar-refractivity contribution in [3.05, 3.63) is 81.0 Å². The minimum Gasteiger partial charge on any atom is -0.294 e. The number of pyridine rings is 1. The molecule has 2 heterocycles. The molecule has 4 rings (SSSR count). The first-order valence-corrected chi connectivity index (χ1v) is 7.81. The molecular weight excluding hydrogens is 302 g/mol. The van der Waals surface area contributed by atoms with Crippen molar-refractivity contribution in [3.63, 3.8) is 0 Å². The van der Waals surface area contributed by atoms with E-state index in [0.717, 1.165) is 23.0 Å². The standard InChI is InChI=1S/C19H15N3O2/c1-2-12-7-9-14(10-8-12)22-16-6-4-3-5-13(16)11-15-17(22)20-19(24)21-18(15)23/h3-11H,2H2,1H3,(H,21,23,24). The lowest BCUT2D eigenvalue weighted by Gasteiger charge is -2.17. The minimum absolute atomic E-state index is 0.367. The van der Waals surface area contributed by atoms with Crippen molar-refractivity contribution in [2.45, 2.75) is 13.3 Å². The van der Waals surface area contributed by atoms with Crippen molar-refractivity contribution in [2.75, 3.05) is 0 Å². The Labute approximate surface area is 137 Å². The van der Waals surface area contributed by atoms with E-state index in [9.17, 15) is 9.59 Å². The second-order valence-corrected chi connectivity index (χ2v) is 5.67. The molecule has 2 aromatic rings. The van der Waals surface area contributed by atoms with E-state index >= 15 is 0 Å². The van der Waals surface area contributed by atoms with Crippen molar-refractivity contribution < 1.29 is 0 Å². The number of fused-ring (bicyclic) bond motifs is 2. The van der Waals surface area contributed by atoms with Gasteiger partial charge in [0.2, 0.25) is 0 Å². The Morgan fingerprint density at radius 1 is 1.04 bits per heavy atom. The normalized spacial score (nSPS) is 11.2. The molecule has 2 aromatic carbocycles. The van der Waals surface area contributed by atoms with Crippen LogP contribution in [0.2, 0.25) is 0 Å². The third-order valence-corrected chi connectivity index (χ3v) is 4.21. The van der Waals surface area contributed by atoms with Crippen molar-refractivity contribution >= 4 is 10.9 Å². The fourth-order valence-corrected chi connectivity index (χ4v) is 2.98. The summed E-state index contributed by atoms with van der Waals surface area (Å²) in [4.78, 5) is 30.3. The molecule has 1 N–H and O–H groups in total. The number of nitrogens with one attached hydrogen (secondary N) is 1. The van der Waals surface area contributed by atoms with Crippen molar-refractivity contribution in [2.24, 2.45) is 0 Å². The number of rotatable bonds is 2. The first-order chi connectivity index (χ1) is 11.7. The maximum atomic E-state index is 12.2. The van der Waals surface area contributed by atoms with Crippen molar-refractivity contribution in [1.29, 1.82) is 0 Å². The number of H-pyrrole nitrogens is 1. The predicted octanol–water partition coefficient (Wildman–Crippen LogP) is 2.74. The SMILES string of the molecule is CCc1ccc(-n2c3nc(=O)[nH]c(=O)c-3cc3ccccc32)cc1. The van der Waals surface area contributed by atoms with Crippen LogP contribution in [0, 0.1) is 0 Å². The quantitative estimate of drug-likeness (QED) is 0.578. The summed E-state index contributed by atoms with van der Waals surface area (Å²) < 4.78 is 1.86. The van der Waals surface area contributed by atoms with Crippen LogP contribution in [0.25, 0.3) is 28.0 Å². The number of para-hydroxylation sites is 1. The van der Waals surface area contributed by atoms with Gasteiger partial charge in [-0.3, -0.25) is 14.3 Å². The highest BCUT2D eigenvalue weighted by Crippen LogP contribution is 2.27. The zero-order valence-corrected chi connectivity index (χ0v) is 13.1. The van der Waals surface area contributed by atoms with E-state index < -0.39 is 11.2 Å². The molecule has 5 heteroatoms. The summed E-state index contributed by atoms with van der Waals surface area (Å²) in [5, 5.41) is 0.913. The number of aromatic amines is 1. The topological polar surface area (TPSA) is 67.8 Å². The van der Waals surface area contributed by atoms with Crippen LogP contribution in [0.1, 0.15) is 12.5 Å². The molecule has 0 aliphatic carbocycles. The summed E-state index contributed by atoms with van der Waals surface area (Å²) in [5.74, 6) is 0.367. The molecule has 118 valence electrons. The molecule has 0 bridgehead atoms. The van der Waals surface area contributed by atoms with E-state index in [-0.39, 0.29) is 0 Å². The van der Waals surface area contributed by atoms with Crippen LogP contribution in [-0.4, -0.2) is 14.5 Å². The van der Waals surface area contributed by atoms with Crippen LogP contribution < -0.4 is 11.2 Å². The highest BCUT2D eigenvalue weighted by molar-refractivity contribution is 5.87. The maximum Gasteiger partial charge on any atom is 0.349 e. The van der Waals surface area contributed by atoms with Gasteiger partial charge in [-0.1, -0.05) is 37.3 Å². The van der Waals surface area contributed by atoms with Gasteiger partial charge in [-0.2, -0.15) is 4.98 Å². The van der Waals surface area contributed by atoms with E-state index in [1.54, 1.807) is 6.07 Å².